The number of hydrogen-bond acceptors (Lipinski definition) is 3. The van der Waals surface area contributed by atoms with Gasteiger partial charge in [0.1, 0.15) is 0 Å². The van der Waals surface area contributed by atoms with Gasteiger partial charge < -0.3 is 5.11 Å². The van der Waals surface area contributed by atoms with Crippen molar-refractivity contribution in [1.82, 2.24) is 0 Å². The van der Waals surface area contributed by atoms with Crippen LogP contribution in [0, 0.1) is 0 Å². The smallest absolute Gasteiger partial charge is 0.277 e. The molecule has 0 bridgehead atoms. The van der Waals surface area contributed by atoms with Crippen LogP contribution in [0.1, 0.15) is 72.3 Å². The lowest BCUT2D eigenvalue weighted by molar-refractivity contribution is -0.713. The van der Waals surface area contributed by atoms with Gasteiger partial charge >= 0.3 is 0 Å². The average molecular weight is 397 g/mol. The summed E-state index contributed by atoms with van der Waals surface area (Å²) in [5, 5.41) is 21.4. The zero-order chi connectivity index (χ0) is 21.6. The summed E-state index contributed by atoms with van der Waals surface area (Å²) in [6, 6.07) is 6.95. The van der Waals surface area contributed by atoms with Crippen LogP contribution in [-0.4, -0.2) is 26.5 Å². The van der Waals surface area contributed by atoms with Gasteiger partial charge in [0.25, 0.3) is 17.2 Å². The minimum absolute atomic E-state index is 0.132. The fourth-order valence-electron chi connectivity index (χ4n) is 3.57. The maximum atomic E-state index is 12.8. The number of fused-ring (bicyclic) bond motifs is 1. The number of nitrogens with zero attached hydrogens (tertiary/aromatic N) is 1. The SMILES string of the molecule is CC(C)=CCC/C(C)=C/CC/C(C)=C/CC1(O)C(=O)C(C)=[N+](O)c2ccccc21. The Bertz CT molecular complexity index is 885. The van der Waals surface area contributed by atoms with Gasteiger partial charge in [-0.2, -0.15) is 0 Å². The van der Waals surface area contributed by atoms with Crippen LogP contribution in [0.2, 0.25) is 0 Å². The fraction of sp³-hybridized carbons (Fsp3) is 0.440. The molecule has 4 heteroatoms. The first-order valence-electron chi connectivity index (χ1n) is 10.3. The van der Waals surface area contributed by atoms with E-state index in [1.807, 2.05) is 13.0 Å². The van der Waals surface area contributed by atoms with Gasteiger partial charge in [-0.15, -0.1) is 0 Å². The molecule has 0 saturated heterocycles. The molecule has 1 aromatic rings. The highest BCUT2D eigenvalue weighted by atomic mass is 16.5. The van der Waals surface area contributed by atoms with Crippen LogP contribution in [0.4, 0.5) is 5.69 Å². The Balaban J connectivity index is 2.05. The third kappa shape index (κ3) is 5.54. The van der Waals surface area contributed by atoms with Gasteiger partial charge in [-0.05, 0) is 59.4 Å². The predicted molar refractivity (Wildman–Crippen MR) is 118 cm³/mol. The molecule has 1 aliphatic rings. The molecule has 2 rings (SSSR count). The number of allylic oxidation sites excluding steroid dienone is 5. The Hall–Kier alpha value is -2.46. The van der Waals surface area contributed by atoms with Gasteiger partial charge in [0, 0.05) is 24.1 Å². The lowest BCUT2D eigenvalue weighted by atomic mass is 9.81. The van der Waals surface area contributed by atoms with Crippen molar-refractivity contribution in [3.05, 3.63) is 64.8 Å². The zero-order valence-electron chi connectivity index (χ0n) is 18.3. The standard InChI is InChI=1S/C25H34NO3/c1-18(2)10-8-11-19(3)12-9-13-20(4)16-17-25(28)22-14-6-7-15-23(22)26(29)21(5)24(25)27/h6-7,10,12,14-16,28-29H,8-9,11,13,17H2,1-5H3/q+1/b19-12+,20-16+. The van der Waals surface area contributed by atoms with E-state index in [-0.39, 0.29) is 12.1 Å². The third-order valence-electron chi connectivity index (χ3n) is 5.47. The number of para-hydroxylation sites is 1. The summed E-state index contributed by atoms with van der Waals surface area (Å²) in [6.07, 6.45) is 10.7. The topological polar surface area (TPSA) is 60.5 Å². The summed E-state index contributed by atoms with van der Waals surface area (Å²) in [7, 11) is 0. The maximum absolute atomic E-state index is 12.8. The van der Waals surface area contributed by atoms with E-state index in [4.69, 9.17) is 0 Å². The van der Waals surface area contributed by atoms with Crippen molar-refractivity contribution >= 4 is 17.2 Å². The molecule has 0 saturated carbocycles. The highest BCUT2D eigenvalue weighted by molar-refractivity contribution is 6.40. The number of carbonyl (C=O) groups excluding carboxylic acids is 1. The molecule has 0 spiro atoms. The predicted octanol–water partition coefficient (Wildman–Crippen LogP) is 5.76. The number of Topliss-reactive ketones (excluding diaryl/α,β-unsaturated/α-hetero) is 1. The summed E-state index contributed by atoms with van der Waals surface area (Å²) < 4.78 is 0.867. The van der Waals surface area contributed by atoms with Crippen molar-refractivity contribution in [2.24, 2.45) is 0 Å². The summed E-state index contributed by atoms with van der Waals surface area (Å²) in [5.41, 5.74) is 3.26. The van der Waals surface area contributed by atoms with Crippen molar-refractivity contribution in [2.45, 2.75) is 72.3 Å². The first-order valence-corrected chi connectivity index (χ1v) is 10.3. The van der Waals surface area contributed by atoms with Gasteiger partial charge in [0.05, 0.1) is 5.56 Å². The zero-order valence-corrected chi connectivity index (χ0v) is 18.3. The van der Waals surface area contributed by atoms with E-state index in [0.29, 0.717) is 11.3 Å². The highest BCUT2D eigenvalue weighted by Gasteiger charge is 2.49. The first-order chi connectivity index (χ1) is 13.7. The minimum Gasteiger partial charge on any atom is -0.376 e. The Morgan fingerprint density at radius 1 is 1.00 bits per heavy atom. The van der Waals surface area contributed by atoms with E-state index in [9.17, 15) is 15.1 Å². The summed E-state index contributed by atoms with van der Waals surface area (Å²) in [4.78, 5) is 12.8. The van der Waals surface area contributed by atoms with Crippen LogP contribution in [0.5, 0.6) is 0 Å². The molecule has 156 valence electrons. The van der Waals surface area contributed by atoms with Crippen molar-refractivity contribution in [3.63, 3.8) is 0 Å². The van der Waals surface area contributed by atoms with E-state index in [1.165, 1.54) is 18.1 Å². The van der Waals surface area contributed by atoms with Crippen LogP contribution in [0.3, 0.4) is 0 Å². The molecule has 2 N–H and O–H groups in total. The van der Waals surface area contributed by atoms with Gasteiger partial charge in [0.2, 0.25) is 0 Å². The number of carbonyl (C=O) groups is 1. The molecule has 0 amide bonds. The van der Waals surface area contributed by atoms with Crippen LogP contribution in [0.15, 0.2) is 59.2 Å². The molecule has 29 heavy (non-hydrogen) atoms. The van der Waals surface area contributed by atoms with Gasteiger partial charge in [0.15, 0.2) is 5.60 Å². The molecule has 4 nitrogen and oxygen atoms in total. The van der Waals surface area contributed by atoms with Crippen LogP contribution in [0.25, 0.3) is 0 Å². The first kappa shape index (κ1) is 22.8. The number of aliphatic hydroxyl groups is 1. The second kappa shape index (κ2) is 9.84. The van der Waals surface area contributed by atoms with Gasteiger partial charge in [-0.25, -0.2) is 0 Å². The Labute approximate surface area is 174 Å². The molecule has 1 atom stereocenters. The maximum Gasteiger partial charge on any atom is 0.277 e. The summed E-state index contributed by atoms with van der Waals surface area (Å²) in [6.45, 7) is 9.96. The molecule has 1 heterocycles. The minimum atomic E-state index is -1.64. The van der Waals surface area contributed by atoms with Crippen molar-refractivity contribution < 1.29 is 19.8 Å². The lowest BCUT2D eigenvalue weighted by Crippen LogP contribution is -2.45. The Kier molecular flexibility index (Phi) is 7.74. The molecule has 0 radical (unpaired) electrons. The Morgan fingerprint density at radius 2 is 1.59 bits per heavy atom. The largest absolute Gasteiger partial charge is 0.376 e. The molecular weight excluding hydrogens is 362 g/mol. The van der Waals surface area contributed by atoms with Gasteiger partial charge in [-0.3, -0.25) is 10.0 Å². The molecule has 0 aromatic heterocycles. The van der Waals surface area contributed by atoms with E-state index in [1.54, 1.807) is 24.3 Å². The van der Waals surface area contributed by atoms with E-state index in [0.717, 1.165) is 36.0 Å². The lowest BCUT2D eigenvalue weighted by Gasteiger charge is -2.27. The van der Waals surface area contributed by atoms with Crippen LogP contribution >= 0.6 is 0 Å². The quantitative estimate of drug-likeness (QED) is 0.334. The number of benzene rings is 1. The van der Waals surface area contributed by atoms with Gasteiger partial charge in [-0.1, -0.05) is 47.1 Å². The number of hydrogen-bond donors (Lipinski definition) is 2. The van der Waals surface area contributed by atoms with E-state index in [2.05, 4.69) is 32.9 Å². The molecule has 0 aliphatic carbocycles. The third-order valence-corrected chi connectivity index (χ3v) is 5.47. The average Bonchev–Trinajstić information content (AvgIpc) is 2.69. The molecule has 1 aliphatic heterocycles. The molecular formula is C25H34NO3+. The van der Waals surface area contributed by atoms with Crippen LogP contribution in [-0.2, 0) is 10.4 Å². The van der Waals surface area contributed by atoms with Crippen molar-refractivity contribution in [1.29, 1.82) is 0 Å². The Morgan fingerprint density at radius 3 is 2.24 bits per heavy atom. The van der Waals surface area contributed by atoms with E-state index < -0.39 is 11.4 Å². The van der Waals surface area contributed by atoms with Crippen LogP contribution < -0.4 is 0 Å². The summed E-state index contributed by atoms with van der Waals surface area (Å²) in [5.74, 6) is -0.460. The van der Waals surface area contributed by atoms with Crippen molar-refractivity contribution in [3.8, 4) is 0 Å². The molecule has 0 fully saturated rings. The fourth-order valence-corrected chi connectivity index (χ4v) is 3.57. The van der Waals surface area contributed by atoms with E-state index >= 15 is 0 Å². The second-order valence-corrected chi connectivity index (χ2v) is 8.27. The molecule has 1 aromatic carbocycles. The molecule has 1 unspecified atom stereocenters. The van der Waals surface area contributed by atoms with Crippen molar-refractivity contribution in [2.75, 3.05) is 0 Å². The number of rotatable bonds is 8. The monoisotopic (exact) mass is 396 g/mol. The second-order valence-electron chi connectivity index (χ2n) is 8.27. The summed E-state index contributed by atoms with van der Waals surface area (Å²) >= 11 is 0. The normalized spacial score (nSPS) is 20.0. The highest BCUT2D eigenvalue weighted by Crippen LogP contribution is 2.37. The number of ketones is 1.